The van der Waals surface area contributed by atoms with Gasteiger partial charge in [0, 0.05) is 15.7 Å². The number of hydrogen-bond acceptors (Lipinski definition) is 3. The van der Waals surface area contributed by atoms with Crippen LogP contribution in [-0.2, 0) is 9.84 Å². The van der Waals surface area contributed by atoms with Gasteiger partial charge in [-0.05, 0) is 67.6 Å². The quantitative estimate of drug-likeness (QED) is 0.796. The summed E-state index contributed by atoms with van der Waals surface area (Å²) < 4.78 is 24.0. The zero-order chi connectivity index (χ0) is 14.7. The molecule has 0 spiro atoms. The van der Waals surface area contributed by atoms with Crippen molar-refractivity contribution in [2.45, 2.75) is 25.5 Å². The zero-order valence-electron chi connectivity index (χ0n) is 11.2. The van der Waals surface area contributed by atoms with E-state index >= 15 is 0 Å². The predicted molar refractivity (Wildman–Crippen MR) is 85.0 cm³/mol. The van der Waals surface area contributed by atoms with Crippen molar-refractivity contribution in [3.8, 4) is 0 Å². The molecule has 1 aromatic rings. The average molecular weight is 395 g/mol. The van der Waals surface area contributed by atoms with Crippen LogP contribution in [0.4, 0.5) is 0 Å². The molecule has 4 nitrogen and oxygen atoms in total. The summed E-state index contributed by atoms with van der Waals surface area (Å²) in [6.07, 6.45) is 0. The number of benzene rings is 1. The van der Waals surface area contributed by atoms with E-state index in [9.17, 15) is 13.2 Å². The average Bonchev–Trinajstić information content (AvgIpc) is 2.28. The lowest BCUT2D eigenvalue weighted by atomic mass is 10.2. The first-order valence-electron chi connectivity index (χ1n) is 5.89. The normalized spacial score (nSPS) is 12.2. The van der Waals surface area contributed by atoms with Crippen LogP contribution in [0.1, 0.15) is 31.1 Å². The largest absolute Gasteiger partial charge is 0.351 e. The zero-order valence-corrected chi connectivity index (χ0v) is 14.2. The molecule has 0 aliphatic rings. The maximum atomic E-state index is 11.9. The molecule has 0 atom stereocenters. The SMILES string of the molecule is CC(C)(C)S(=O)(=O)CCNC(=O)c1ccc(I)cc1. The highest BCUT2D eigenvalue weighted by Crippen LogP contribution is 2.15. The molecule has 0 fully saturated rings. The van der Waals surface area contributed by atoms with Crippen molar-refractivity contribution >= 4 is 38.3 Å². The fourth-order valence-electron chi connectivity index (χ4n) is 1.31. The highest BCUT2D eigenvalue weighted by Gasteiger charge is 2.28. The van der Waals surface area contributed by atoms with Gasteiger partial charge < -0.3 is 5.32 Å². The maximum absolute atomic E-state index is 11.9. The topological polar surface area (TPSA) is 63.2 Å². The standard InChI is InChI=1S/C13H18INO3S/c1-13(2,3)19(17,18)9-8-15-12(16)10-4-6-11(14)7-5-10/h4-7H,8-9H2,1-3H3,(H,15,16). The van der Waals surface area contributed by atoms with Crippen LogP contribution >= 0.6 is 22.6 Å². The Labute approximate surface area is 128 Å². The van der Waals surface area contributed by atoms with Gasteiger partial charge in [-0.15, -0.1) is 0 Å². The third-order valence-electron chi connectivity index (χ3n) is 2.70. The van der Waals surface area contributed by atoms with Gasteiger partial charge in [-0.3, -0.25) is 4.79 Å². The van der Waals surface area contributed by atoms with Crippen molar-refractivity contribution in [3.05, 3.63) is 33.4 Å². The first-order valence-corrected chi connectivity index (χ1v) is 8.63. The first kappa shape index (κ1) is 16.4. The van der Waals surface area contributed by atoms with Crippen molar-refractivity contribution < 1.29 is 13.2 Å². The first-order chi connectivity index (χ1) is 8.63. The van der Waals surface area contributed by atoms with E-state index in [4.69, 9.17) is 0 Å². The minimum atomic E-state index is -3.20. The van der Waals surface area contributed by atoms with E-state index in [0.717, 1.165) is 3.57 Å². The van der Waals surface area contributed by atoms with Gasteiger partial charge in [-0.25, -0.2) is 8.42 Å². The molecule has 106 valence electrons. The molecule has 0 unspecified atom stereocenters. The van der Waals surface area contributed by atoms with Gasteiger partial charge >= 0.3 is 0 Å². The van der Waals surface area contributed by atoms with Crippen molar-refractivity contribution in [2.24, 2.45) is 0 Å². The highest BCUT2D eigenvalue weighted by molar-refractivity contribution is 14.1. The molecule has 1 amide bonds. The summed E-state index contributed by atoms with van der Waals surface area (Å²) >= 11 is 2.16. The van der Waals surface area contributed by atoms with Gasteiger partial charge in [0.05, 0.1) is 10.5 Å². The van der Waals surface area contributed by atoms with E-state index in [0.29, 0.717) is 5.56 Å². The molecular formula is C13H18INO3S. The van der Waals surface area contributed by atoms with E-state index < -0.39 is 14.6 Å². The van der Waals surface area contributed by atoms with E-state index in [1.54, 1.807) is 32.9 Å². The Morgan fingerprint density at radius 2 is 1.74 bits per heavy atom. The number of carbonyl (C=O) groups is 1. The number of hydrogen-bond donors (Lipinski definition) is 1. The Morgan fingerprint density at radius 3 is 2.21 bits per heavy atom. The fraction of sp³-hybridized carbons (Fsp3) is 0.462. The van der Waals surface area contributed by atoms with Crippen molar-refractivity contribution in [1.82, 2.24) is 5.32 Å². The van der Waals surface area contributed by atoms with E-state index in [2.05, 4.69) is 27.9 Å². The van der Waals surface area contributed by atoms with Crippen LogP contribution in [0, 0.1) is 3.57 Å². The number of amides is 1. The lowest BCUT2D eigenvalue weighted by Gasteiger charge is -2.19. The van der Waals surface area contributed by atoms with E-state index in [-0.39, 0.29) is 18.2 Å². The lowest BCUT2D eigenvalue weighted by Crippen LogP contribution is -2.36. The van der Waals surface area contributed by atoms with Gasteiger partial charge in [-0.1, -0.05) is 0 Å². The van der Waals surface area contributed by atoms with Crippen LogP contribution in [0.3, 0.4) is 0 Å². The Kier molecular flexibility index (Phi) is 5.37. The number of carbonyl (C=O) groups excluding carboxylic acids is 1. The fourth-order valence-corrected chi connectivity index (χ4v) is 2.65. The Balaban J connectivity index is 2.55. The molecule has 1 rings (SSSR count). The smallest absolute Gasteiger partial charge is 0.251 e. The molecule has 0 saturated heterocycles. The lowest BCUT2D eigenvalue weighted by molar-refractivity contribution is 0.0956. The van der Waals surface area contributed by atoms with Crippen molar-refractivity contribution in [3.63, 3.8) is 0 Å². The Morgan fingerprint density at radius 1 is 1.21 bits per heavy atom. The van der Waals surface area contributed by atoms with Crippen molar-refractivity contribution in [1.29, 1.82) is 0 Å². The summed E-state index contributed by atoms with van der Waals surface area (Å²) in [6.45, 7) is 5.10. The molecule has 19 heavy (non-hydrogen) atoms. The van der Waals surface area contributed by atoms with Crippen LogP contribution in [-0.4, -0.2) is 31.4 Å². The highest BCUT2D eigenvalue weighted by atomic mass is 127. The summed E-state index contributed by atoms with van der Waals surface area (Å²) in [5.74, 6) is -0.299. The van der Waals surface area contributed by atoms with Gasteiger partial charge in [0.15, 0.2) is 9.84 Å². The molecule has 0 aliphatic carbocycles. The van der Waals surface area contributed by atoms with Gasteiger partial charge in [0.25, 0.3) is 5.91 Å². The van der Waals surface area contributed by atoms with Crippen LogP contribution in [0.5, 0.6) is 0 Å². The minimum absolute atomic E-state index is 0.0490. The van der Waals surface area contributed by atoms with Gasteiger partial charge in [0.2, 0.25) is 0 Å². The van der Waals surface area contributed by atoms with Crippen LogP contribution in [0.2, 0.25) is 0 Å². The second-order valence-corrected chi connectivity index (χ2v) is 9.30. The molecule has 0 radical (unpaired) electrons. The molecule has 6 heteroatoms. The predicted octanol–water partition coefficient (Wildman–Crippen LogP) is 2.23. The second-order valence-electron chi connectivity index (χ2n) is 5.19. The number of rotatable bonds is 4. The monoisotopic (exact) mass is 395 g/mol. The Hall–Kier alpha value is -0.630. The molecule has 0 aliphatic heterocycles. The molecule has 0 heterocycles. The molecule has 1 aromatic carbocycles. The second kappa shape index (κ2) is 6.21. The molecule has 0 bridgehead atoms. The summed E-state index contributed by atoms with van der Waals surface area (Å²) in [7, 11) is -3.20. The molecule has 1 N–H and O–H groups in total. The number of halogens is 1. The van der Waals surface area contributed by atoms with Gasteiger partial charge in [-0.2, -0.15) is 0 Å². The Bertz CT molecular complexity index is 544. The van der Waals surface area contributed by atoms with Crippen LogP contribution in [0.15, 0.2) is 24.3 Å². The molecule has 0 saturated carbocycles. The van der Waals surface area contributed by atoms with Crippen LogP contribution < -0.4 is 5.32 Å². The molecule has 0 aromatic heterocycles. The third kappa shape index (κ3) is 4.76. The summed E-state index contributed by atoms with van der Waals surface area (Å²) in [6, 6.07) is 7.10. The van der Waals surface area contributed by atoms with E-state index in [1.807, 2.05) is 12.1 Å². The summed E-state index contributed by atoms with van der Waals surface area (Å²) in [5.41, 5.74) is 0.536. The van der Waals surface area contributed by atoms with Crippen molar-refractivity contribution in [2.75, 3.05) is 12.3 Å². The molecular weight excluding hydrogens is 377 g/mol. The maximum Gasteiger partial charge on any atom is 0.251 e. The number of sulfone groups is 1. The number of nitrogens with one attached hydrogen (secondary N) is 1. The van der Waals surface area contributed by atoms with E-state index in [1.165, 1.54) is 0 Å². The van der Waals surface area contributed by atoms with Crippen LogP contribution in [0.25, 0.3) is 0 Å². The summed E-state index contributed by atoms with van der Waals surface area (Å²) in [4.78, 5) is 11.8. The van der Waals surface area contributed by atoms with Gasteiger partial charge in [0.1, 0.15) is 0 Å². The minimum Gasteiger partial charge on any atom is -0.351 e. The summed E-state index contributed by atoms with van der Waals surface area (Å²) in [5, 5.41) is 2.63. The third-order valence-corrected chi connectivity index (χ3v) is 6.02.